The van der Waals surface area contributed by atoms with E-state index in [1.165, 1.54) is 22.3 Å². The van der Waals surface area contributed by atoms with Crippen molar-refractivity contribution in [2.45, 2.75) is 6.92 Å². The molecule has 0 saturated carbocycles. The molecule has 0 N–H and O–H groups in total. The number of aliphatic imine (C=N–C) groups is 1. The van der Waals surface area contributed by atoms with Gasteiger partial charge in [-0.15, -0.1) is 0 Å². The molecule has 0 bridgehead atoms. The third-order valence-corrected chi connectivity index (χ3v) is 2.97. The van der Waals surface area contributed by atoms with Crippen molar-refractivity contribution in [2.75, 3.05) is 6.54 Å². The van der Waals surface area contributed by atoms with E-state index in [0.29, 0.717) is 0 Å². The molecule has 1 heteroatoms. The number of hydrogen-bond donors (Lipinski definition) is 0. The summed E-state index contributed by atoms with van der Waals surface area (Å²) in [5.74, 6) is 0. The summed E-state index contributed by atoms with van der Waals surface area (Å²) in [5, 5.41) is 0. The molecule has 0 aromatic heterocycles. The van der Waals surface area contributed by atoms with Crippen molar-refractivity contribution >= 4 is 5.71 Å². The van der Waals surface area contributed by atoms with Gasteiger partial charge in [-0.1, -0.05) is 48.5 Å². The summed E-state index contributed by atoms with van der Waals surface area (Å²) < 4.78 is 0. The second-order valence-electron chi connectivity index (χ2n) is 3.91. The molecule has 1 nitrogen and oxygen atoms in total. The number of fused-ring (bicyclic) bond motifs is 3. The fourth-order valence-electron chi connectivity index (χ4n) is 2.32. The van der Waals surface area contributed by atoms with Crippen LogP contribution in [0.4, 0.5) is 0 Å². The van der Waals surface area contributed by atoms with Crippen molar-refractivity contribution in [3.63, 3.8) is 0 Å². The summed E-state index contributed by atoms with van der Waals surface area (Å²) in [5.41, 5.74) is 6.31. The molecule has 0 radical (unpaired) electrons. The minimum Gasteiger partial charge on any atom is -0.284 e. The Balaban J connectivity index is 2.34. The zero-order chi connectivity index (χ0) is 11.0. The summed E-state index contributed by atoms with van der Waals surface area (Å²) in [6.45, 7) is 2.91. The van der Waals surface area contributed by atoms with Crippen LogP contribution in [0.15, 0.2) is 53.5 Å². The number of nitrogens with zero attached hydrogens (tertiary/aromatic N) is 1. The Kier molecular flexibility index (Phi) is 2.10. The van der Waals surface area contributed by atoms with Crippen LogP contribution in [0.3, 0.4) is 0 Å². The fourth-order valence-corrected chi connectivity index (χ4v) is 2.32. The molecule has 2 aromatic rings. The van der Waals surface area contributed by atoms with E-state index < -0.39 is 0 Å². The van der Waals surface area contributed by atoms with Gasteiger partial charge in [0.05, 0.1) is 5.71 Å². The maximum atomic E-state index is 4.62. The molecule has 0 unspecified atom stereocenters. The molecular formula is C15H13N. The van der Waals surface area contributed by atoms with Crippen molar-refractivity contribution < 1.29 is 0 Å². The van der Waals surface area contributed by atoms with E-state index in [-0.39, 0.29) is 0 Å². The molecule has 0 heterocycles. The van der Waals surface area contributed by atoms with Crippen molar-refractivity contribution in [1.82, 2.24) is 0 Å². The summed E-state index contributed by atoms with van der Waals surface area (Å²) in [7, 11) is 0. The predicted molar refractivity (Wildman–Crippen MR) is 68.1 cm³/mol. The molecule has 0 atom stereocenters. The van der Waals surface area contributed by atoms with E-state index in [1.54, 1.807) is 0 Å². The second kappa shape index (κ2) is 3.60. The number of hydrogen-bond acceptors (Lipinski definition) is 1. The van der Waals surface area contributed by atoms with E-state index >= 15 is 0 Å². The molecule has 16 heavy (non-hydrogen) atoms. The molecule has 2 aromatic carbocycles. The van der Waals surface area contributed by atoms with Crippen LogP contribution in [0.25, 0.3) is 11.1 Å². The van der Waals surface area contributed by atoms with Crippen LogP contribution in [-0.2, 0) is 0 Å². The van der Waals surface area contributed by atoms with Gasteiger partial charge in [0.15, 0.2) is 0 Å². The third-order valence-electron chi connectivity index (χ3n) is 2.97. The lowest BCUT2D eigenvalue weighted by atomic mass is 10.1. The summed E-state index contributed by atoms with van der Waals surface area (Å²) in [6, 6.07) is 17.0. The first-order valence-electron chi connectivity index (χ1n) is 5.65. The van der Waals surface area contributed by atoms with Gasteiger partial charge in [0, 0.05) is 17.7 Å². The number of benzene rings is 2. The maximum Gasteiger partial charge on any atom is 0.0731 e. The Labute approximate surface area is 95.5 Å². The normalized spacial score (nSPS) is 12.2. The van der Waals surface area contributed by atoms with Gasteiger partial charge in [-0.05, 0) is 18.1 Å². The monoisotopic (exact) mass is 207 g/mol. The zero-order valence-corrected chi connectivity index (χ0v) is 9.27. The van der Waals surface area contributed by atoms with E-state index in [4.69, 9.17) is 0 Å². The molecule has 0 aliphatic heterocycles. The van der Waals surface area contributed by atoms with Gasteiger partial charge in [0.2, 0.25) is 0 Å². The summed E-state index contributed by atoms with van der Waals surface area (Å²) in [4.78, 5) is 4.62. The summed E-state index contributed by atoms with van der Waals surface area (Å²) in [6.07, 6.45) is 0. The molecular weight excluding hydrogens is 194 g/mol. The molecule has 3 rings (SSSR count). The second-order valence-corrected chi connectivity index (χ2v) is 3.91. The highest BCUT2D eigenvalue weighted by atomic mass is 14.7. The molecule has 0 amide bonds. The van der Waals surface area contributed by atoms with Gasteiger partial charge >= 0.3 is 0 Å². The average Bonchev–Trinajstić information content (AvgIpc) is 2.66. The van der Waals surface area contributed by atoms with E-state index in [2.05, 4.69) is 60.4 Å². The molecule has 1 aliphatic carbocycles. The molecule has 1 aliphatic rings. The lowest BCUT2D eigenvalue weighted by molar-refractivity contribution is 1.13. The van der Waals surface area contributed by atoms with Gasteiger partial charge in [-0.3, -0.25) is 4.99 Å². The Morgan fingerprint density at radius 3 is 1.62 bits per heavy atom. The van der Waals surface area contributed by atoms with Crippen LogP contribution >= 0.6 is 0 Å². The van der Waals surface area contributed by atoms with E-state index in [0.717, 1.165) is 12.3 Å². The highest BCUT2D eigenvalue weighted by molar-refractivity contribution is 6.24. The minimum absolute atomic E-state index is 0.831. The first-order chi connectivity index (χ1) is 7.92. The van der Waals surface area contributed by atoms with Gasteiger partial charge in [0.1, 0.15) is 0 Å². The SMILES string of the molecule is CCN=C1c2ccccc2-c2ccccc21. The lowest BCUT2D eigenvalue weighted by Gasteiger charge is -1.99. The predicted octanol–water partition coefficient (Wildman–Crippen LogP) is 3.52. The highest BCUT2D eigenvalue weighted by Crippen LogP contribution is 2.36. The van der Waals surface area contributed by atoms with Gasteiger partial charge < -0.3 is 0 Å². The van der Waals surface area contributed by atoms with Crippen LogP contribution in [0.5, 0.6) is 0 Å². The van der Waals surface area contributed by atoms with Crippen molar-refractivity contribution in [1.29, 1.82) is 0 Å². The van der Waals surface area contributed by atoms with Crippen molar-refractivity contribution in [2.24, 2.45) is 4.99 Å². The minimum atomic E-state index is 0.831. The first-order valence-corrected chi connectivity index (χ1v) is 5.65. The molecule has 78 valence electrons. The van der Waals surface area contributed by atoms with E-state index in [9.17, 15) is 0 Å². The average molecular weight is 207 g/mol. The van der Waals surface area contributed by atoms with Crippen LogP contribution in [-0.4, -0.2) is 12.3 Å². The standard InChI is InChI=1S/C15H13N/c1-2-16-15-13-9-5-3-7-11(13)12-8-4-6-10-14(12)15/h3-10H,2H2,1H3. The van der Waals surface area contributed by atoms with Gasteiger partial charge in [-0.25, -0.2) is 0 Å². The Morgan fingerprint density at radius 1 is 0.750 bits per heavy atom. The van der Waals surface area contributed by atoms with Crippen LogP contribution < -0.4 is 0 Å². The zero-order valence-electron chi connectivity index (χ0n) is 9.27. The van der Waals surface area contributed by atoms with Gasteiger partial charge in [-0.2, -0.15) is 0 Å². The molecule has 0 saturated heterocycles. The lowest BCUT2D eigenvalue weighted by Crippen LogP contribution is -1.98. The fraction of sp³-hybridized carbons (Fsp3) is 0.133. The van der Waals surface area contributed by atoms with Crippen LogP contribution in [0.1, 0.15) is 18.1 Å². The summed E-state index contributed by atoms with van der Waals surface area (Å²) >= 11 is 0. The van der Waals surface area contributed by atoms with E-state index in [1.807, 2.05) is 0 Å². The Bertz CT molecular complexity index is 520. The quantitative estimate of drug-likeness (QED) is 0.579. The van der Waals surface area contributed by atoms with Crippen molar-refractivity contribution in [3.05, 3.63) is 59.7 Å². The number of rotatable bonds is 1. The Hall–Kier alpha value is -1.89. The molecule has 0 spiro atoms. The largest absolute Gasteiger partial charge is 0.284 e. The highest BCUT2D eigenvalue weighted by Gasteiger charge is 2.22. The van der Waals surface area contributed by atoms with Crippen molar-refractivity contribution in [3.8, 4) is 11.1 Å². The smallest absolute Gasteiger partial charge is 0.0731 e. The topological polar surface area (TPSA) is 12.4 Å². The first kappa shape index (κ1) is 9.34. The van der Waals surface area contributed by atoms with Crippen LogP contribution in [0, 0.1) is 0 Å². The molecule has 0 fully saturated rings. The third kappa shape index (κ3) is 1.21. The van der Waals surface area contributed by atoms with Gasteiger partial charge in [0.25, 0.3) is 0 Å². The maximum absolute atomic E-state index is 4.62. The Morgan fingerprint density at radius 2 is 1.19 bits per heavy atom. The van der Waals surface area contributed by atoms with Crippen LogP contribution in [0.2, 0.25) is 0 Å².